The molecular formula is C19H23N3O. The van der Waals surface area contributed by atoms with E-state index in [4.69, 9.17) is 0 Å². The quantitative estimate of drug-likeness (QED) is 0.833. The summed E-state index contributed by atoms with van der Waals surface area (Å²) in [7, 11) is 0. The van der Waals surface area contributed by atoms with Crippen LogP contribution in [0.1, 0.15) is 11.1 Å². The van der Waals surface area contributed by atoms with Crippen LogP contribution >= 0.6 is 0 Å². The fourth-order valence-electron chi connectivity index (χ4n) is 2.98. The molecule has 23 heavy (non-hydrogen) atoms. The summed E-state index contributed by atoms with van der Waals surface area (Å²) in [5, 5.41) is 2.67. The number of nitrogens with zero attached hydrogens (tertiary/aromatic N) is 2. The van der Waals surface area contributed by atoms with Crippen LogP contribution in [0.5, 0.6) is 0 Å². The molecule has 1 aliphatic heterocycles. The Balaban J connectivity index is 1.46. The third-order valence-corrected chi connectivity index (χ3v) is 4.30. The maximum absolute atomic E-state index is 10.4. The van der Waals surface area contributed by atoms with Crippen LogP contribution in [-0.4, -0.2) is 42.4 Å². The summed E-state index contributed by atoms with van der Waals surface area (Å²) in [5.41, 5.74) is 3.52. The smallest absolute Gasteiger partial charge is 0.211 e. The number of benzene rings is 2. The maximum atomic E-state index is 10.4. The Morgan fingerprint density at radius 3 is 1.83 bits per heavy atom. The lowest BCUT2D eigenvalue weighted by molar-refractivity contribution is -0.105. The third-order valence-electron chi connectivity index (χ3n) is 4.30. The van der Waals surface area contributed by atoms with Gasteiger partial charge in [-0.1, -0.05) is 42.5 Å². The molecule has 0 spiro atoms. The molecule has 1 fully saturated rings. The molecule has 0 bridgehead atoms. The molecule has 0 aromatic heterocycles. The van der Waals surface area contributed by atoms with E-state index >= 15 is 0 Å². The first-order chi connectivity index (χ1) is 11.3. The molecule has 3 rings (SSSR count). The fourth-order valence-corrected chi connectivity index (χ4v) is 2.98. The highest BCUT2D eigenvalue weighted by atomic mass is 16.1. The lowest BCUT2D eigenvalue weighted by Gasteiger charge is -2.34. The van der Waals surface area contributed by atoms with Gasteiger partial charge in [-0.05, 0) is 23.3 Å². The van der Waals surface area contributed by atoms with Gasteiger partial charge in [0, 0.05) is 45.0 Å². The van der Waals surface area contributed by atoms with Gasteiger partial charge in [-0.15, -0.1) is 0 Å². The minimum Gasteiger partial charge on any atom is -0.329 e. The Kier molecular flexibility index (Phi) is 5.40. The molecule has 4 heteroatoms. The summed E-state index contributed by atoms with van der Waals surface area (Å²) >= 11 is 0. The molecule has 0 unspecified atom stereocenters. The highest BCUT2D eigenvalue weighted by Crippen LogP contribution is 2.13. The van der Waals surface area contributed by atoms with Crippen LogP contribution in [0.3, 0.4) is 0 Å². The lowest BCUT2D eigenvalue weighted by Crippen LogP contribution is -2.45. The van der Waals surface area contributed by atoms with Gasteiger partial charge in [0.05, 0.1) is 0 Å². The molecule has 0 radical (unpaired) electrons. The topological polar surface area (TPSA) is 35.6 Å². The predicted octanol–water partition coefficient (Wildman–Crippen LogP) is 2.57. The van der Waals surface area contributed by atoms with Gasteiger partial charge in [0.25, 0.3) is 0 Å². The third kappa shape index (κ3) is 4.65. The molecule has 0 saturated carbocycles. The van der Waals surface area contributed by atoms with Gasteiger partial charge >= 0.3 is 0 Å². The average molecular weight is 309 g/mol. The van der Waals surface area contributed by atoms with Crippen molar-refractivity contribution in [3.05, 3.63) is 65.7 Å². The Morgan fingerprint density at radius 2 is 1.30 bits per heavy atom. The molecule has 1 amide bonds. The molecule has 4 nitrogen and oxygen atoms in total. The van der Waals surface area contributed by atoms with Crippen LogP contribution in [0, 0.1) is 0 Å². The van der Waals surface area contributed by atoms with Crippen molar-refractivity contribution in [2.24, 2.45) is 0 Å². The van der Waals surface area contributed by atoms with Crippen molar-refractivity contribution in [2.75, 3.05) is 31.5 Å². The van der Waals surface area contributed by atoms with Crippen molar-refractivity contribution in [1.29, 1.82) is 0 Å². The molecule has 1 N–H and O–H groups in total. The number of carbonyl (C=O) groups is 1. The summed E-state index contributed by atoms with van der Waals surface area (Å²) in [6, 6.07) is 18.7. The van der Waals surface area contributed by atoms with Crippen molar-refractivity contribution in [1.82, 2.24) is 9.80 Å². The fraction of sp³-hybridized carbons (Fsp3) is 0.316. The van der Waals surface area contributed by atoms with Crippen LogP contribution in [0.4, 0.5) is 5.69 Å². The monoisotopic (exact) mass is 309 g/mol. The Labute approximate surface area is 137 Å². The number of amides is 1. The zero-order valence-corrected chi connectivity index (χ0v) is 13.3. The van der Waals surface area contributed by atoms with Crippen molar-refractivity contribution in [2.45, 2.75) is 13.1 Å². The van der Waals surface area contributed by atoms with E-state index in [9.17, 15) is 4.79 Å². The zero-order valence-electron chi connectivity index (χ0n) is 13.3. The minimum absolute atomic E-state index is 0.709. The first-order valence-electron chi connectivity index (χ1n) is 8.11. The van der Waals surface area contributed by atoms with E-state index in [2.05, 4.69) is 57.6 Å². The SMILES string of the molecule is O=CNc1ccc(CN2CCN(Cc3ccccc3)CC2)cc1. The molecule has 0 aliphatic carbocycles. The Bertz CT molecular complexity index is 604. The molecule has 0 atom stereocenters. The highest BCUT2D eigenvalue weighted by Gasteiger charge is 2.16. The van der Waals surface area contributed by atoms with E-state index in [1.165, 1.54) is 11.1 Å². The molecule has 1 heterocycles. The van der Waals surface area contributed by atoms with Crippen LogP contribution in [0.15, 0.2) is 54.6 Å². The zero-order chi connectivity index (χ0) is 15.9. The van der Waals surface area contributed by atoms with Gasteiger partial charge in [-0.3, -0.25) is 14.6 Å². The highest BCUT2D eigenvalue weighted by molar-refractivity contribution is 5.71. The summed E-state index contributed by atoms with van der Waals surface area (Å²) in [6.07, 6.45) is 0.709. The molecule has 120 valence electrons. The second-order valence-electron chi connectivity index (χ2n) is 6.00. The Morgan fingerprint density at radius 1 is 0.783 bits per heavy atom. The summed E-state index contributed by atoms with van der Waals surface area (Å²) in [5.74, 6) is 0. The predicted molar refractivity (Wildman–Crippen MR) is 93.1 cm³/mol. The number of carbonyl (C=O) groups excluding carboxylic acids is 1. The number of anilines is 1. The van der Waals surface area contributed by atoms with Crippen molar-refractivity contribution in [3.8, 4) is 0 Å². The van der Waals surface area contributed by atoms with Gasteiger partial charge < -0.3 is 5.32 Å². The van der Waals surface area contributed by atoms with Crippen LogP contribution in [-0.2, 0) is 17.9 Å². The summed E-state index contributed by atoms with van der Waals surface area (Å²) in [4.78, 5) is 15.4. The van der Waals surface area contributed by atoms with Crippen molar-refractivity contribution in [3.63, 3.8) is 0 Å². The second-order valence-corrected chi connectivity index (χ2v) is 6.00. The van der Waals surface area contributed by atoms with Gasteiger partial charge in [0.2, 0.25) is 6.41 Å². The maximum Gasteiger partial charge on any atom is 0.211 e. The number of rotatable bonds is 6. The van der Waals surface area contributed by atoms with E-state index in [-0.39, 0.29) is 0 Å². The van der Waals surface area contributed by atoms with Crippen molar-refractivity contribution >= 4 is 12.1 Å². The first-order valence-corrected chi connectivity index (χ1v) is 8.11. The molecule has 2 aromatic rings. The summed E-state index contributed by atoms with van der Waals surface area (Å²) in [6.45, 7) is 6.43. The molecule has 1 saturated heterocycles. The van der Waals surface area contributed by atoms with E-state index < -0.39 is 0 Å². The first kappa shape index (κ1) is 15.7. The average Bonchev–Trinajstić information content (AvgIpc) is 2.60. The number of nitrogens with one attached hydrogen (secondary N) is 1. The number of piperazine rings is 1. The van der Waals surface area contributed by atoms with Gasteiger partial charge in [-0.25, -0.2) is 0 Å². The molecule has 1 aliphatic rings. The van der Waals surface area contributed by atoms with Gasteiger partial charge in [0.15, 0.2) is 0 Å². The van der Waals surface area contributed by atoms with Gasteiger partial charge in [-0.2, -0.15) is 0 Å². The van der Waals surface area contributed by atoms with Crippen molar-refractivity contribution < 1.29 is 4.79 Å². The van der Waals surface area contributed by atoms with E-state index in [0.717, 1.165) is 45.0 Å². The standard InChI is InChI=1S/C19H23N3O/c23-16-20-19-8-6-18(7-9-19)15-22-12-10-21(11-13-22)14-17-4-2-1-3-5-17/h1-9,16H,10-15H2,(H,20,23). The van der Waals surface area contributed by atoms with Crippen LogP contribution in [0.25, 0.3) is 0 Å². The van der Waals surface area contributed by atoms with E-state index in [1.807, 2.05) is 12.1 Å². The Hall–Kier alpha value is -2.17. The van der Waals surface area contributed by atoms with E-state index in [0.29, 0.717) is 6.41 Å². The van der Waals surface area contributed by atoms with Crippen LogP contribution < -0.4 is 5.32 Å². The summed E-state index contributed by atoms with van der Waals surface area (Å²) < 4.78 is 0. The minimum atomic E-state index is 0.709. The molecular weight excluding hydrogens is 286 g/mol. The van der Waals surface area contributed by atoms with Crippen LogP contribution in [0.2, 0.25) is 0 Å². The lowest BCUT2D eigenvalue weighted by atomic mass is 10.1. The number of hydrogen-bond acceptors (Lipinski definition) is 3. The largest absolute Gasteiger partial charge is 0.329 e. The van der Waals surface area contributed by atoms with E-state index in [1.54, 1.807) is 0 Å². The second kappa shape index (κ2) is 7.90. The number of hydrogen-bond donors (Lipinski definition) is 1. The molecule has 2 aromatic carbocycles. The normalized spacial score (nSPS) is 16.2. The van der Waals surface area contributed by atoms with Gasteiger partial charge in [0.1, 0.15) is 0 Å².